The van der Waals surface area contributed by atoms with Gasteiger partial charge in [0.15, 0.2) is 5.17 Å². The average Bonchev–Trinajstić information content (AvgIpc) is 2.58. The number of nitrogens with zero attached hydrogens (tertiary/aromatic N) is 2. The Bertz CT molecular complexity index is 303. The van der Waals surface area contributed by atoms with E-state index >= 15 is 0 Å². The Morgan fingerprint density at radius 1 is 1.40 bits per heavy atom. The van der Waals surface area contributed by atoms with Crippen LogP contribution in [0.15, 0.2) is 4.99 Å². The zero-order valence-corrected chi connectivity index (χ0v) is 10.4. The quantitative estimate of drug-likeness (QED) is 0.633. The molecule has 2 rings (SSSR count). The molecule has 0 aliphatic carbocycles. The lowest BCUT2D eigenvalue weighted by Gasteiger charge is -2.41. The normalized spacial score (nSPS) is 37.0. The van der Waals surface area contributed by atoms with Gasteiger partial charge in [-0.15, -0.1) is 0 Å². The Balaban J connectivity index is 2.13. The van der Waals surface area contributed by atoms with Crippen LogP contribution in [0, 0.1) is 11.8 Å². The number of piperidine rings is 1. The molecule has 1 fully saturated rings. The molecular weight excluding hydrogens is 208 g/mol. The van der Waals surface area contributed by atoms with Crippen molar-refractivity contribution in [1.82, 2.24) is 4.90 Å². The summed E-state index contributed by atoms with van der Waals surface area (Å²) in [7, 11) is 0. The molecular formula is C11H18N2OS. The van der Waals surface area contributed by atoms with Gasteiger partial charge >= 0.3 is 0 Å². The van der Waals surface area contributed by atoms with Crippen LogP contribution in [0.1, 0.15) is 27.2 Å². The Labute approximate surface area is 95.3 Å². The second-order valence-corrected chi connectivity index (χ2v) is 5.73. The van der Waals surface area contributed by atoms with Gasteiger partial charge in [-0.2, -0.15) is 4.99 Å². The maximum absolute atomic E-state index is 11.1. The smallest absolute Gasteiger partial charge is 0.258 e. The highest BCUT2D eigenvalue weighted by Gasteiger charge is 2.33. The minimum atomic E-state index is 0.0214. The molecule has 0 spiro atoms. The largest absolute Gasteiger partial charge is 0.348 e. The van der Waals surface area contributed by atoms with Gasteiger partial charge < -0.3 is 4.90 Å². The van der Waals surface area contributed by atoms with E-state index in [1.165, 1.54) is 6.42 Å². The van der Waals surface area contributed by atoms with Crippen molar-refractivity contribution in [2.45, 2.75) is 33.2 Å². The number of carbonyl (C=O) groups is 1. The number of thioether (sulfide) groups is 1. The van der Waals surface area contributed by atoms with E-state index in [2.05, 4.69) is 30.7 Å². The summed E-state index contributed by atoms with van der Waals surface area (Å²) in [5.74, 6) is 1.94. The van der Waals surface area contributed by atoms with Crippen molar-refractivity contribution in [3.63, 3.8) is 0 Å². The molecule has 2 heterocycles. The molecule has 0 saturated carbocycles. The number of hydrogen-bond acceptors (Lipinski definition) is 3. The molecule has 3 unspecified atom stereocenters. The van der Waals surface area contributed by atoms with Crippen molar-refractivity contribution >= 4 is 22.8 Å². The number of amides is 1. The lowest BCUT2D eigenvalue weighted by molar-refractivity contribution is -0.115. The highest BCUT2D eigenvalue weighted by molar-refractivity contribution is 8.14. The predicted octanol–water partition coefficient (Wildman–Crippen LogP) is 1.98. The van der Waals surface area contributed by atoms with Gasteiger partial charge in [-0.3, -0.25) is 4.79 Å². The molecule has 3 atom stereocenters. The average molecular weight is 226 g/mol. The van der Waals surface area contributed by atoms with Gasteiger partial charge in [-0.25, -0.2) is 0 Å². The first kappa shape index (κ1) is 11.0. The van der Waals surface area contributed by atoms with Crippen molar-refractivity contribution in [3.8, 4) is 0 Å². The Kier molecular flexibility index (Phi) is 3.05. The van der Waals surface area contributed by atoms with Gasteiger partial charge in [0.05, 0.1) is 5.75 Å². The van der Waals surface area contributed by atoms with Crippen LogP contribution in [0.25, 0.3) is 0 Å². The fourth-order valence-electron chi connectivity index (χ4n) is 2.41. The molecule has 0 aromatic rings. The zero-order valence-electron chi connectivity index (χ0n) is 9.56. The second-order valence-electron chi connectivity index (χ2n) is 4.79. The van der Waals surface area contributed by atoms with Crippen molar-refractivity contribution in [2.75, 3.05) is 12.3 Å². The molecule has 2 aliphatic heterocycles. The molecule has 0 bridgehead atoms. The highest BCUT2D eigenvalue weighted by atomic mass is 32.2. The van der Waals surface area contributed by atoms with Crippen LogP contribution < -0.4 is 0 Å². The standard InChI is InChI=1S/C11H18N2OS/c1-7-4-8(2)9(3)13(5-7)11-12-10(14)6-15-11/h7-9H,4-6H2,1-3H3. The molecule has 1 saturated heterocycles. The monoisotopic (exact) mass is 226 g/mol. The molecule has 1 amide bonds. The van der Waals surface area contributed by atoms with E-state index in [1.807, 2.05) is 0 Å². The zero-order chi connectivity index (χ0) is 11.0. The van der Waals surface area contributed by atoms with Crippen molar-refractivity contribution in [1.29, 1.82) is 0 Å². The summed E-state index contributed by atoms with van der Waals surface area (Å²) in [4.78, 5) is 17.5. The number of hydrogen-bond donors (Lipinski definition) is 0. The molecule has 0 N–H and O–H groups in total. The minimum absolute atomic E-state index is 0.0214. The van der Waals surface area contributed by atoms with Crippen LogP contribution in [0.5, 0.6) is 0 Å². The van der Waals surface area contributed by atoms with Crippen LogP contribution in [-0.2, 0) is 4.79 Å². The van der Waals surface area contributed by atoms with Gasteiger partial charge in [0.1, 0.15) is 0 Å². The maximum Gasteiger partial charge on any atom is 0.258 e. The first-order valence-corrected chi connectivity index (χ1v) is 6.57. The van der Waals surface area contributed by atoms with Gasteiger partial charge in [-0.05, 0) is 25.2 Å². The number of amidine groups is 1. The summed E-state index contributed by atoms with van der Waals surface area (Å²) in [6.07, 6.45) is 1.28. The van der Waals surface area contributed by atoms with Crippen molar-refractivity contribution < 1.29 is 4.79 Å². The van der Waals surface area contributed by atoms with E-state index in [-0.39, 0.29) is 5.91 Å². The van der Waals surface area contributed by atoms with Crippen LogP contribution in [-0.4, -0.2) is 34.3 Å². The topological polar surface area (TPSA) is 32.7 Å². The molecule has 0 aromatic heterocycles. The van der Waals surface area contributed by atoms with E-state index in [0.29, 0.717) is 23.6 Å². The second kappa shape index (κ2) is 4.16. The minimum Gasteiger partial charge on any atom is -0.348 e. The first-order valence-electron chi connectivity index (χ1n) is 5.59. The van der Waals surface area contributed by atoms with Gasteiger partial charge in [0, 0.05) is 12.6 Å². The summed E-state index contributed by atoms with van der Waals surface area (Å²) in [6, 6.07) is 0.512. The predicted molar refractivity (Wildman–Crippen MR) is 64.0 cm³/mol. The van der Waals surface area contributed by atoms with Crippen molar-refractivity contribution in [3.05, 3.63) is 0 Å². The van der Waals surface area contributed by atoms with Crippen LogP contribution in [0.2, 0.25) is 0 Å². The van der Waals surface area contributed by atoms with E-state index in [4.69, 9.17) is 0 Å². The summed E-state index contributed by atoms with van der Waals surface area (Å²) in [5, 5.41) is 0.950. The third kappa shape index (κ3) is 2.19. The van der Waals surface area contributed by atoms with Gasteiger partial charge in [0.2, 0.25) is 0 Å². The number of aliphatic imine (C=N–C) groups is 1. The lowest BCUT2D eigenvalue weighted by Crippen LogP contribution is -2.47. The fraction of sp³-hybridized carbons (Fsp3) is 0.818. The van der Waals surface area contributed by atoms with Crippen LogP contribution in [0.4, 0.5) is 0 Å². The molecule has 15 heavy (non-hydrogen) atoms. The maximum atomic E-state index is 11.1. The van der Waals surface area contributed by atoms with Crippen LogP contribution in [0.3, 0.4) is 0 Å². The number of rotatable bonds is 0. The summed E-state index contributed by atoms with van der Waals surface area (Å²) in [6.45, 7) is 7.85. The fourth-order valence-corrected chi connectivity index (χ4v) is 3.30. The third-order valence-corrected chi connectivity index (χ3v) is 4.36. The molecule has 0 radical (unpaired) electrons. The Morgan fingerprint density at radius 2 is 2.13 bits per heavy atom. The first-order chi connectivity index (χ1) is 7.08. The van der Waals surface area contributed by atoms with E-state index < -0.39 is 0 Å². The Hall–Kier alpha value is -0.510. The van der Waals surface area contributed by atoms with E-state index in [1.54, 1.807) is 11.8 Å². The van der Waals surface area contributed by atoms with E-state index in [9.17, 15) is 4.79 Å². The summed E-state index contributed by atoms with van der Waals surface area (Å²) in [5.41, 5.74) is 0. The summed E-state index contributed by atoms with van der Waals surface area (Å²) < 4.78 is 0. The Morgan fingerprint density at radius 3 is 2.73 bits per heavy atom. The third-order valence-electron chi connectivity index (χ3n) is 3.39. The van der Waals surface area contributed by atoms with Gasteiger partial charge in [0.25, 0.3) is 5.91 Å². The highest BCUT2D eigenvalue weighted by Crippen LogP contribution is 2.30. The van der Waals surface area contributed by atoms with Crippen molar-refractivity contribution in [2.24, 2.45) is 16.8 Å². The lowest BCUT2D eigenvalue weighted by atomic mass is 9.86. The van der Waals surface area contributed by atoms with Gasteiger partial charge in [-0.1, -0.05) is 25.6 Å². The molecule has 2 aliphatic rings. The molecule has 4 heteroatoms. The summed E-state index contributed by atoms with van der Waals surface area (Å²) >= 11 is 1.59. The molecule has 0 aromatic carbocycles. The van der Waals surface area contributed by atoms with Crippen LogP contribution >= 0.6 is 11.8 Å². The van der Waals surface area contributed by atoms with E-state index in [0.717, 1.165) is 11.7 Å². The molecule has 3 nitrogen and oxygen atoms in total. The SMILES string of the molecule is CC1CC(C)C(C)N(C2=NC(=O)CS2)C1. The number of likely N-dealkylation sites (tertiary alicyclic amines) is 1. The molecule has 84 valence electrons. The number of carbonyl (C=O) groups excluding carboxylic acids is 1.